The highest BCUT2D eigenvalue weighted by Gasteiger charge is 2.36. The molecule has 0 saturated carbocycles. The molecule has 2 heterocycles. The van der Waals surface area contributed by atoms with Crippen LogP contribution in [-0.2, 0) is 4.79 Å². The third kappa shape index (κ3) is 3.88. The Balaban J connectivity index is 1.95. The molecule has 1 atom stereocenters. The number of fused-ring (bicyclic) bond motifs is 3. The Morgan fingerprint density at radius 3 is 2.68 bits per heavy atom. The molecule has 160 valence electrons. The summed E-state index contributed by atoms with van der Waals surface area (Å²) in [6.45, 7) is 3.51. The molecular weight excluding hydrogens is 416 g/mol. The first-order chi connectivity index (χ1) is 15.1. The molecule has 0 spiro atoms. The van der Waals surface area contributed by atoms with Crippen LogP contribution in [0.25, 0.3) is 11.3 Å². The van der Waals surface area contributed by atoms with E-state index < -0.39 is 6.23 Å². The number of rotatable bonds is 5. The van der Waals surface area contributed by atoms with E-state index in [1.165, 1.54) is 18.7 Å². The van der Waals surface area contributed by atoms with Gasteiger partial charge in [-0.05, 0) is 24.0 Å². The van der Waals surface area contributed by atoms with Crippen molar-refractivity contribution >= 4 is 23.4 Å². The largest absolute Gasteiger partial charge is 0.497 e. The number of aromatic nitrogens is 3. The van der Waals surface area contributed by atoms with Crippen molar-refractivity contribution < 1.29 is 19.0 Å². The second-order valence-corrected chi connectivity index (χ2v) is 7.90. The molecule has 9 heteroatoms. The van der Waals surface area contributed by atoms with Gasteiger partial charge in [0.2, 0.25) is 23.2 Å². The van der Waals surface area contributed by atoms with Gasteiger partial charge in [-0.3, -0.25) is 9.69 Å². The van der Waals surface area contributed by atoms with Crippen molar-refractivity contribution in [2.24, 2.45) is 0 Å². The fraction of sp³-hybridized carbons (Fsp3) is 0.273. The van der Waals surface area contributed by atoms with Crippen LogP contribution in [-0.4, -0.2) is 41.1 Å². The first-order valence-electron chi connectivity index (χ1n) is 9.72. The van der Waals surface area contributed by atoms with Crippen LogP contribution in [0.3, 0.4) is 0 Å². The van der Waals surface area contributed by atoms with E-state index in [0.717, 1.165) is 11.3 Å². The van der Waals surface area contributed by atoms with Crippen molar-refractivity contribution in [1.82, 2.24) is 15.2 Å². The molecule has 0 saturated heterocycles. The summed E-state index contributed by atoms with van der Waals surface area (Å²) in [5.74, 6) is 2.08. The van der Waals surface area contributed by atoms with Crippen LogP contribution in [0, 0.1) is 0 Å². The number of carbonyl (C=O) groups is 1. The molecule has 0 N–H and O–H groups in total. The van der Waals surface area contributed by atoms with Gasteiger partial charge < -0.3 is 14.2 Å². The lowest BCUT2D eigenvalue weighted by atomic mass is 10.1. The summed E-state index contributed by atoms with van der Waals surface area (Å²) in [7, 11) is 3.15. The number of hydrogen-bond donors (Lipinski definition) is 0. The smallest absolute Gasteiger partial charge is 0.247 e. The van der Waals surface area contributed by atoms with Gasteiger partial charge in [-0.15, -0.1) is 10.2 Å². The summed E-state index contributed by atoms with van der Waals surface area (Å²) in [5.41, 5.74) is 2.51. The summed E-state index contributed by atoms with van der Waals surface area (Å²) in [4.78, 5) is 19.0. The number of thioether (sulfide) groups is 1. The lowest BCUT2D eigenvalue weighted by Crippen LogP contribution is -2.36. The Morgan fingerprint density at radius 1 is 1.16 bits per heavy atom. The van der Waals surface area contributed by atoms with Gasteiger partial charge in [0.1, 0.15) is 11.5 Å². The number of ether oxygens (including phenoxy) is 3. The van der Waals surface area contributed by atoms with Crippen molar-refractivity contribution in [3.63, 3.8) is 0 Å². The molecule has 31 heavy (non-hydrogen) atoms. The average molecular weight is 439 g/mol. The van der Waals surface area contributed by atoms with Crippen molar-refractivity contribution in [2.45, 2.75) is 25.2 Å². The summed E-state index contributed by atoms with van der Waals surface area (Å²) in [6.07, 6.45) is -0.822. The number of hydrogen-bond acceptors (Lipinski definition) is 8. The van der Waals surface area contributed by atoms with Crippen LogP contribution in [0.2, 0.25) is 0 Å². The Kier molecular flexibility index (Phi) is 5.94. The predicted molar refractivity (Wildman–Crippen MR) is 118 cm³/mol. The number of anilines is 1. The first-order valence-corrected chi connectivity index (χ1v) is 10.7. The van der Waals surface area contributed by atoms with E-state index in [4.69, 9.17) is 14.2 Å². The van der Waals surface area contributed by atoms with Gasteiger partial charge in [0.15, 0.2) is 5.69 Å². The molecule has 0 unspecified atom stereocenters. The highest BCUT2D eigenvalue weighted by molar-refractivity contribution is 7.99. The van der Waals surface area contributed by atoms with Crippen LogP contribution in [0.1, 0.15) is 25.6 Å². The second kappa shape index (κ2) is 8.81. The fourth-order valence-corrected chi connectivity index (χ4v) is 3.97. The second-order valence-electron chi connectivity index (χ2n) is 6.67. The molecule has 8 nitrogen and oxygen atoms in total. The topological polar surface area (TPSA) is 86.7 Å². The Morgan fingerprint density at radius 2 is 1.97 bits per heavy atom. The number of para-hydroxylation sites is 1. The third-order valence-electron chi connectivity index (χ3n) is 4.83. The summed E-state index contributed by atoms with van der Waals surface area (Å²) in [6, 6.07) is 12.9. The summed E-state index contributed by atoms with van der Waals surface area (Å²) < 4.78 is 17.3. The molecule has 0 fully saturated rings. The highest BCUT2D eigenvalue weighted by Crippen LogP contribution is 2.45. The predicted octanol–water partition coefficient (Wildman–Crippen LogP) is 4.11. The minimum atomic E-state index is -0.822. The van der Waals surface area contributed by atoms with Crippen LogP contribution in [0.4, 0.5) is 5.69 Å². The van der Waals surface area contributed by atoms with Crippen LogP contribution < -0.4 is 19.1 Å². The van der Waals surface area contributed by atoms with E-state index in [1.807, 2.05) is 37.3 Å². The lowest BCUT2D eigenvalue weighted by Gasteiger charge is -2.30. The molecule has 0 bridgehead atoms. The van der Waals surface area contributed by atoms with Crippen molar-refractivity contribution in [1.29, 1.82) is 0 Å². The zero-order valence-electron chi connectivity index (χ0n) is 17.7. The Bertz CT molecular complexity index is 1120. The van der Waals surface area contributed by atoms with Crippen LogP contribution in [0.15, 0.2) is 47.6 Å². The molecule has 0 radical (unpaired) electrons. The molecule has 4 rings (SSSR count). The monoisotopic (exact) mass is 438 g/mol. The third-order valence-corrected chi connectivity index (χ3v) is 5.55. The van der Waals surface area contributed by atoms with Crippen molar-refractivity contribution in [2.75, 3.05) is 24.9 Å². The molecule has 0 aliphatic carbocycles. The number of amides is 1. The first kappa shape index (κ1) is 20.9. The summed E-state index contributed by atoms with van der Waals surface area (Å²) in [5, 5.41) is 9.12. The van der Waals surface area contributed by atoms with E-state index in [2.05, 4.69) is 15.2 Å². The minimum absolute atomic E-state index is 0.195. The van der Waals surface area contributed by atoms with Crippen LogP contribution in [0.5, 0.6) is 17.4 Å². The molecule has 1 aliphatic heterocycles. The van der Waals surface area contributed by atoms with Gasteiger partial charge >= 0.3 is 0 Å². The molecule has 2 aromatic carbocycles. The van der Waals surface area contributed by atoms with Crippen LogP contribution >= 0.6 is 11.8 Å². The molecule has 3 aromatic rings. The van der Waals surface area contributed by atoms with Crippen molar-refractivity contribution in [3.05, 3.63) is 48.0 Å². The van der Waals surface area contributed by atoms with Gasteiger partial charge in [0.25, 0.3) is 0 Å². The van der Waals surface area contributed by atoms with E-state index in [0.29, 0.717) is 39.5 Å². The average Bonchev–Trinajstić information content (AvgIpc) is 2.93. The van der Waals surface area contributed by atoms with Gasteiger partial charge in [-0.2, -0.15) is 4.98 Å². The molecular formula is C22H22N4O4S. The number of carbonyl (C=O) groups excluding carboxylic acids is 1. The van der Waals surface area contributed by atoms with Crippen molar-refractivity contribution in [3.8, 4) is 28.6 Å². The maximum atomic E-state index is 12.9. The molecule has 1 aromatic heterocycles. The number of nitrogens with zero attached hydrogens (tertiary/aromatic N) is 4. The van der Waals surface area contributed by atoms with E-state index in [9.17, 15) is 4.79 Å². The van der Waals surface area contributed by atoms with E-state index in [-0.39, 0.29) is 5.91 Å². The molecule has 1 amide bonds. The normalized spacial score (nSPS) is 14.7. The van der Waals surface area contributed by atoms with E-state index >= 15 is 0 Å². The molecule has 1 aliphatic rings. The zero-order chi connectivity index (χ0) is 22.0. The summed E-state index contributed by atoms with van der Waals surface area (Å²) >= 11 is 1.47. The van der Waals surface area contributed by atoms with Gasteiger partial charge in [-0.1, -0.05) is 36.9 Å². The zero-order valence-corrected chi connectivity index (χ0v) is 18.5. The highest BCUT2D eigenvalue weighted by atomic mass is 32.2. The number of methoxy groups -OCH3 is 2. The minimum Gasteiger partial charge on any atom is -0.497 e. The van der Waals surface area contributed by atoms with Gasteiger partial charge in [0, 0.05) is 18.6 Å². The SMILES string of the molecule is CCSc1nnc2c(n1)O[C@@H](c1ccc(OC)cc1OC)N(C(C)=O)c1ccccc1-2. The Labute approximate surface area is 184 Å². The van der Waals surface area contributed by atoms with E-state index in [1.54, 1.807) is 31.3 Å². The maximum Gasteiger partial charge on any atom is 0.247 e. The standard InChI is InChI=1S/C22H22N4O4S/c1-5-31-22-23-20-19(24-25-22)15-8-6-7-9-17(15)26(13(2)27)21(30-20)16-11-10-14(28-3)12-18(16)29-4/h6-12,21H,5H2,1-4H3/t21-/m0/s1. The fourth-order valence-electron chi connectivity index (χ4n) is 3.47. The lowest BCUT2D eigenvalue weighted by molar-refractivity contribution is -0.118. The van der Waals surface area contributed by atoms with Gasteiger partial charge in [-0.25, -0.2) is 0 Å². The number of benzene rings is 2. The Hall–Kier alpha value is -3.33. The van der Waals surface area contributed by atoms with Gasteiger partial charge in [0.05, 0.1) is 25.5 Å². The maximum absolute atomic E-state index is 12.9. The quantitative estimate of drug-likeness (QED) is 0.550.